The van der Waals surface area contributed by atoms with Crippen molar-refractivity contribution in [3.05, 3.63) is 77.0 Å². The van der Waals surface area contributed by atoms with Crippen LogP contribution >= 0.6 is 0 Å². The van der Waals surface area contributed by atoms with Gasteiger partial charge in [0.25, 0.3) is 0 Å². The molecule has 0 fully saturated rings. The van der Waals surface area contributed by atoms with Gasteiger partial charge in [0.1, 0.15) is 11.5 Å². The molecule has 4 heteroatoms. The zero-order valence-electron chi connectivity index (χ0n) is 16.1. The molecule has 144 valence electrons. The number of aliphatic hydroxyl groups excluding tert-OH is 2. The number of methoxy groups -OCH3 is 1. The molecular formula is C23H28O4. The van der Waals surface area contributed by atoms with Crippen molar-refractivity contribution < 1.29 is 20.1 Å². The molecule has 0 heterocycles. The SMILES string of the molecule is COc1ccc([C@H](O)CC(=C=CC[C@@H](O)c2cccc(O)c2)C(C)C)cc1. The standard InChI is InChI=1S/C23H28O4/c1-16(2)18(15-23(26)17-10-12-21(27-3)13-11-17)6-5-9-22(25)19-7-4-8-20(24)14-19/h4-5,7-8,10-14,16,22-26H,9,15H2,1-3H3/t6?,22-,23-/m1/s1. The van der Waals surface area contributed by atoms with Crippen LogP contribution in [0, 0.1) is 5.92 Å². The van der Waals surface area contributed by atoms with Crippen LogP contribution in [-0.2, 0) is 0 Å². The van der Waals surface area contributed by atoms with Gasteiger partial charge in [-0.3, -0.25) is 0 Å². The molecule has 2 rings (SSSR count). The average molecular weight is 368 g/mol. The van der Waals surface area contributed by atoms with E-state index in [2.05, 4.69) is 19.6 Å². The van der Waals surface area contributed by atoms with Gasteiger partial charge in [-0.15, -0.1) is 5.73 Å². The average Bonchev–Trinajstić information content (AvgIpc) is 2.66. The van der Waals surface area contributed by atoms with E-state index in [4.69, 9.17) is 4.74 Å². The zero-order valence-corrected chi connectivity index (χ0v) is 16.1. The molecule has 0 saturated heterocycles. The molecule has 0 amide bonds. The molecule has 0 unspecified atom stereocenters. The summed E-state index contributed by atoms with van der Waals surface area (Å²) in [6.45, 7) is 4.12. The van der Waals surface area contributed by atoms with Crippen molar-refractivity contribution in [2.45, 2.75) is 38.9 Å². The third-order valence-electron chi connectivity index (χ3n) is 4.49. The Balaban J connectivity index is 2.07. The second-order valence-corrected chi connectivity index (χ2v) is 6.87. The molecule has 0 bridgehead atoms. The third-order valence-corrected chi connectivity index (χ3v) is 4.49. The van der Waals surface area contributed by atoms with Crippen LogP contribution in [0.5, 0.6) is 11.5 Å². The molecule has 0 radical (unpaired) electrons. The van der Waals surface area contributed by atoms with Crippen LogP contribution in [0.15, 0.2) is 65.9 Å². The maximum Gasteiger partial charge on any atom is 0.118 e. The van der Waals surface area contributed by atoms with Gasteiger partial charge in [-0.2, -0.15) is 0 Å². The maximum atomic E-state index is 10.5. The summed E-state index contributed by atoms with van der Waals surface area (Å²) in [5.41, 5.74) is 5.72. The number of hydrogen-bond acceptors (Lipinski definition) is 4. The topological polar surface area (TPSA) is 69.9 Å². The molecule has 0 aliphatic carbocycles. The van der Waals surface area contributed by atoms with Gasteiger partial charge in [0, 0.05) is 12.8 Å². The Morgan fingerprint density at radius 1 is 1.04 bits per heavy atom. The van der Waals surface area contributed by atoms with Crippen LogP contribution in [0.2, 0.25) is 0 Å². The molecule has 0 aliphatic rings. The first-order chi connectivity index (χ1) is 12.9. The van der Waals surface area contributed by atoms with Crippen LogP contribution in [0.25, 0.3) is 0 Å². The molecule has 0 aliphatic heterocycles. The predicted molar refractivity (Wildman–Crippen MR) is 107 cm³/mol. The third kappa shape index (κ3) is 6.30. The van der Waals surface area contributed by atoms with Gasteiger partial charge >= 0.3 is 0 Å². The molecule has 2 atom stereocenters. The fourth-order valence-electron chi connectivity index (χ4n) is 2.78. The summed E-state index contributed by atoms with van der Waals surface area (Å²) in [5.74, 6) is 1.12. The smallest absolute Gasteiger partial charge is 0.118 e. The Morgan fingerprint density at radius 2 is 1.74 bits per heavy atom. The molecule has 4 nitrogen and oxygen atoms in total. The van der Waals surface area contributed by atoms with E-state index in [0.717, 1.165) is 16.9 Å². The highest BCUT2D eigenvalue weighted by Crippen LogP contribution is 2.26. The Kier molecular flexibility index (Phi) is 7.68. The Hall–Kier alpha value is -2.52. The second-order valence-electron chi connectivity index (χ2n) is 6.87. The van der Waals surface area contributed by atoms with E-state index >= 15 is 0 Å². The van der Waals surface area contributed by atoms with Gasteiger partial charge in [0.15, 0.2) is 0 Å². The Bertz CT molecular complexity index is 786. The van der Waals surface area contributed by atoms with Gasteiger partial charge in [0.05, 0.1) is 19.3 Å². The van der Waals surface area contributed by atoms with Crippen molar-refractivity contribution in [1.82, 2.24) is 0 Å². The highest BCUT2D eigenvalue weighted by atomic mass is 16.5. The van der Waals surface area contributed by atoms with Crippen molar-refractivity contribution >= 4 is 0 Å². The first-order valence-corrected chi connectivity index (χ1v) is 9.13. The number of hydrogen-bond donors (Lipinski definition) is 3. The van der Waals surface area contributed by atoms with Crippen LogP contribution in [0.1, 0.15) is 50.0 Å². The lowest BCUT2D eigenvalue weighted by Crippen LogP contribution is -2.03. The molecule has 3 N–H and O–H groups in total. The first kappa shape index (κ1) is 20.8. The van der Waals surface area contributed by atoms with Gasteiger partial charge in [0.2, 0.25) is 0 Å². The van der Waals surface area contributed by atoms with Gasteiger partial charge in [-0.05, 0) is 53.0 Å². The van der Waals surface area contributed by atoms with Crippen molar-refractivity contribution in [3.8, 4) is 11.5 Å². The quantitative estimate of drug-likeness (QED) is 0.592. The van der Waals surface area contributed by atoms with Crippen LogP contribution in [0.3, 0.4) is 0 Å². The minimum absolute atomic E-state index is 0.136. The summed E-state index contributed by atoms with van der Waals surface area (Å²) < 4.78 is 5.14. The highest BCUT2D eigenvalue weighted by molar-refractivity contribution is 5.30. The molecule has 2 aromatic carbocycles. The molecule has 2 aromatic rings. The lowest BCUT2D eigenvalue weighted by Gasteiger charge is -2.15. The van der Waals surface area contributed by atoms with Gasteiger partial charge < -0.3 is 20.1 Å². The fraction of sp³-hybridized carbons (Fsp3) is 0.348. The summed E-state index contributed by atoms with van der Waals surface area (Å²) in [7, 11) is 1.61. The largest absolute Gasteiger partial charge is 0.508 e. The van der Waals surface area contributed by atoms with E-state index in [0.29, 0.717) is 18.4 Å². The predicted octanol–water partition coefficient (Wildman–Crippen LogP) is 4.69. The number of rotatable bonds is 8. The summed E-state index contributed by atoms with van der Waals surface area (Å²) >= 11 is 0. The van der Waals surface area contributed by atoms with E-state index in [-0.39, 0.29) is 11.7 Å². The Morgan fingerprint density at radius 3 is 2.33 bits per heavy atom. The molecule has 0 aromatic heterocycles. The fourth-order valence-corrected chi connectivity index (χ4v) is 2.78. The maximum absolute atomic E-state index is 10.5. The second kappa shape index (κ2) is 9.98. The number of ether oxygens (including phenoxy) is 1. The monoisotopic (exact) mass is 368 g/mol. The number of aromatic hydroxyl groups is 1. The molecular weight excluding hydrogens is 340 g/mol. The summed E-state index contributed by atoms with van der Waals surface area (Å²) in [6.07, 6.45) is 1.33. The van der Waals surface area contributed by atoms with Crippen molar-refractivity contribution in [3.63, 3.8) is 0 Å². The van der Waals surface area contributed by atoms with Crippen molar-refractivity contribution in [2.24, 2.45) is 5.92 Å². The zero-order chi connectivity index (χ0) is 19.8. The number of phenolic OH excluding ortho intramolecular Hbond substituents is 1. The minimum atomic E-state index is -0.704. The van der Waals surface area contributed by atoms with Crippen LogP contribution in [-0.4, -0.2) is 22.4 Å². The molecule has 0 saturated carbocycles. The van der Waals surface area contributed by atoms with E-state index in [1.165, 1.54) is 0 Å². The first-order valence-electron chi connectivity index (χ1n) is 9.13. The van der Waals surface area contributed by atoms with Crippen molar-refractivity contribution in [2.75, 3.05) is 7.11 Å². The van der Waals surface area contributed by atoms with Crippen LogP contribution < -0.4 is 4.74 Å². The Labute approximate surface area is 161 Å². The molecule has 0 spiro atoms. The summed E-state index contributed by atoms with van der Waals surface area (Å²) in [5, 5.41) is 30.3. The number of aliphatic hydroxyl groups is 2. The summed E-state index contributed by atoms with van der Waals surface area (Å²) in [4.78, 5) is 0. The van der Waals surface area contributed by atoms with E-state index < -0.39 is 12.2 Å². The minimum Gasteiger partial charge on any atom is -0.508 e. The number of phenols is 1. The lowest BCUT2D eigenvalue weighted by molar-refractivity contribution is 0.175. The number of benzene rings is 2. The highest BCUT2D eigenvalue weighted by Gasteiger charge is 2.13. The van der Waals surface area contributed by atoms with Gasteiger partial charge in [-0.1, -0.05) is 38.1 Å². The van der Waals surface area contributed by atoms with Gasteiger partial charge in [-0.25, -0.2) is 0 Å². The van der Waals surface area contributed by atoms with E-state index in [1.54, 1.807) is 37.5 Å². The molecule has 27 heavy (non-hydrogen) atoms. The lowest BCUT2D eigenvalue weighted by atomic mass is 9.94. The van der Waals surface area contributed by atoms with E-state index in [9.17, 15) is 15.3 Å². The van der Waals surface area contributed by atoms with Crippen molar-refractivity contribution in [1.29, 1.82) is 0 Å². The van der Waals surface area contributed by atoms with Crippen LogP contribution in [0.4, 0.5) is 0 Å². The van der Waals surface area contributed by atoms with E-state index in [1.807, 2.05) is 24.3 Å². The summed E-state index contributed by atoms with van der Waals surface area (Å²) in [6, 6.07) is 14.0. The normalized spacial score (nSPS) is 13.0.